The number of carbonyl (C=O) groups is 1. The van der Waals surface area contributed by atoms with E-state index in [9.17, 15) is 4.79 Å². The van der Waals surface area contributed by atoms with E-state index >= 15 is 0 Å². The van der Waals surface area contributed by atoms with Crippen LogP contribution in [0.5, 0.6) is 0 Å². The predicted octanol–water partition coefficient (Wildman–Crippen LogP) is 4.74. The van der Waals surface area contributed by atoms with Gasteiger partial charge in [0, 0.05) is 53.3 Å². The third-order valence-electron chi connectivity index (χ3n) is 5.27. The zero-order valence-electron chi connectivity index (χ0n) is 18.9. The number of amides is 2. The summed E-state index contributed by atoms with van der Waals surface area (Å²) in [4.78, 5) is 30.7. The first-order valence-corrected chi connectivity index (χ1v) is 10.9. The number of hydrogen-bond acceptors (Lipinski definition) is 5. The van der Waals surface area contributed by atoms with E-state index in [1.165, 1.54) is 0 Å². The van der Waals surface area contributed by atoms with E-state index in [4.69, 9.17) is 15.0 Å². The number of hydrogen-bond donors (Lipinski definition) is 2. The van der Waals surface area contributed by atoms with Gasteiger partial charge in [-0.25, -0.2) is 14.8 Å². The Labute approximate surface area is 188 Å². The molecule has 2 aromatic heterocycles. The summed E-state index contributed by atoms with van der Waals surface area (Å²) in [6, 6.07) is 11.3. The number of fused-ring (bicyclic) bond motifs is 1. The van der Waals surface area contributed by atoms with Crippen molar-refractivity contribution in [1.29, 1.82) is 0 Å². The topological polar surface area (TPSA) is 92.2 Å². The molecule has 2 amide bonds. The van der Waals surface area contributed by atoms with E-state index < -0.39 is 0 Å². The van der Waals surface area contributed by atoms with E-state index in [1.54, 1.807) is 12.4 Å². The average Bonchev–Trinajstić information content (AvgIpc) is 2.78. The maximum atomic E-state index is 11.8. The minimum atomic E-state index is -0.226. The van der Waals surface area contributed by atoms with Crippen LogP contribution < -0.4 is 10.6 Å². The largest absolute Gasteiger partial charge is 0.338 e. The van der Waals surface area contributed by atoms with Crippen LogP contribution in [-0.2, 0) is 6.42 Å². The minimum absolute atomic E-state index is 0.128. The Morgan fingerprint density at radius 3 is 2.31 bits per heavy atom. The molecule has 0 saturated carbocycles. The van der Waals surface area contributed by atoms with Gasteiger partial charge in [0.05, 0.1) is 17.1 Å². The predicted molar refractivity (Wildman–Crippen MR) is 128 cm³/mol. The molecule has 0 atom stereocenters. The Balaban J connectivity index is 1.80. The monoisotopic (exact) mass is 428 g/mol. The van der Waals surface area contributed by atoms with Crippen molar-refractivity contribution in [2.45, 2.75) is 34.1 Å². The average molecular weight is 429 g/mol. The molecule has 0 aliphatic carbocycles. The number of nitrogens with zero attached hydrogens (tertiary/aromatic N) is 4. The van der Waals surface area contributed by atoms with Crippen LogP contribution in [0.15, 0.2) is 53.8 Å². The molecule has 7 heteroatoms. The first-order chi connectivity index (χ1) is 15.4. The Morgan fingerprint density at radius 2 is 1.66 bits per heavy atom. The number of nitrogens with one attached hydrogen (secondary N) is 2. The van der Waals surface area contributed by atoms with Crippen LogP contribution in [0.1, 0.15) is 39.0 Å². The summed E-state index contributed by atoms with van der Waals surface area (Å²) in [7, 11) is 0. The van der Waals surface area contributed by atoms with Gasteiger partial charge in [0.25, 0.3) is 0 Å². The lowest BCUT2D eigenvalue weighted by molar-refractivity contribution is 0.252. The number of urea groups is 1. The van der Waals surface area contributed by atoms with Gasteiger partial charge in [-0.2, -0.15) is 0 Å². The third kappa shape index (κ3) is 4.51. The number of benzene rings is 1. The van der Waals surface area contributed by atoms with Gasteiger partial charge < -0.3 is 10.6 Å². The highest BCUT2D eigenvalue weighted by Gasteiger charge is 2.29. The zero-order chi connectivity index (χ0) is 22.7. The first kappa shape index (κ1) is 21.6. The molecule has 0 spiro atoms. The number of rotatable bonds is 4. The number of aliphatic imine (C=N–C) groups is 1. The second-order valence-electron chi connectivity index (χ2n) is 8.75. The van der Waals surface area contributed by atoms with Gasteiger partial charge in [0.15, 0.2) is 5.82 Å². The SMILES string of the molecule is CCNC(=O)Nc1ccc(-c2nc3c(c(-c4ccncc4)n2)CCN=C3C(C)(C)C)cc1. The highest BCUT2D eigenvalue weighted by molar-refractivity contribution is 6.05. The fraction of sp³-hybridized carbons (Fsp3) is 0.320. The van der Waals surface area contributed by atoms with Crippen molar-refractivity contribution in [3.8, 4) is 22.6 Å². The fourth-order valence-corrected chi connectivity index (χ4v) is 3.78. The lowest BCUT2D eigenvalue weighted by Crippen LogP contribution is -2.28. The molecule has 1 aliphatic rings. The molecule has 164 valence electrons. The zero-order valence-corrected chi connectivity index (χ0v) is 18.9. The molecule has 0 unspecified atom stereocenters. The summed E-state index contributed by atoms with van der Waals surface area (Å²) in [5.41, 5.74) is 6.47. The molecule has 0 saturated heterocycles. The second kappa shape index (κ2) is 8.86. The van der Waals surface area contributed by atoms with Gasteiger partial charge in [-0.05, 0) is 49.7 Å². The van der Waals surface area contributed by atoms with Crippen LogP contribution in [-0.4, -0.2) is 39.8 Å². The molecule has 1 aliphatic heterocycles. The smallest absolute Gasteiger partial charge is 0.319 e. The number of pyridine rings is 1. The summed E-state index contributed by atoms with van der Waals surface area (Å²) < 4.78 is 0. The van der Waals surface area contributed by atoms with Crippen LogP contribution in [0.4, 0.5) is 10.5 Å². The van der Waals surface area contributed by atoms with Crippen molar-refractivity contribution >= 4 is 17.4 Å². The minimum Gasteiger partial charge on any atom is -0.338 e. The summed E-state index contributed by atoms with van der Waals surface area (Å²) >= 11 is 0. The van der Waals surface area contributed by atoms with E-state index in [1.807, 2.05) is 43.3 Å². The van der Waals surface area contributed by atoms with E-state index in [0.29, 0.717) is 18.1 Å². The highest BCUT2D eigenvalue weighted by atomic mass is 16.2. The maximum absolute atomic E-state index is 11.8. The number of carbonyl (C=O) groups excluding carboxylic acids is 1. The van der Waals surface area contributed by atoms with Crippen molar-refractivity contribution in [3.05, 3.63) is 60.0 Å². The van der Waals surface area contributed by atoms with Crippen molar-refractivity contribution in [2.75, 3.05) is 18.4 Å². The van der Waals surface area contributed by atoms with Crippen LogP contribution in [0, 0.1) is 5.41 Å². The van der Waals surface area contributed by atoms with Crippen molar-refractivity contribution < 1.29 is 4.79 Å². The number of aromatic nitrogens is 3. The molecule has 2 N–H and O–H groups in total. The van der Waals surface area contributed by atoms with Crippen molar-refractivity contribution in [1.82, 2.24) is 20.3 Å². The van der Waals surface area contributed by atoms with Crippen molar-refractivity contribution in [3.63, 3.8) is 0 Å². The Bertz CT molecular complexity index is 1150. The molecule has 32 heavy (non-hydrogen) atoms. The van der Waals surface area contributed by atoms with Gasteiger partial charge in [0.1, 0.15) is 0 Å². The second-order valence-corrected chi connectivity index (χ2v) is 8.75. The standard InChI is InChI=1S/C25H28N6O/c1-5-27-24(32)29-18-8-6-17(7-9-18)23-30-20(16-10-13-26-14-11-16)19-12-15-28-22(21(19)31-23)25(2,3)4/h6-11,13-14H,5,12,15H2,1-4H3,(H2,27,29,32). The highest BCUT2D eigenvalue weighted by Crippen LogP contribution is 2.33. The Hall–Kier alpha value is -3.61. The quantitative estimate of drug-likeness (QED) is 0.628. The van der Waals surface area contributed by atoms with Gasteiger partial charge >= 0.3 is 6.03 Å². The maximum Gasteiger partial charge on any atom is 0.319 e. The van der Waals surface area contributed by atoms with E-state index in [2.05, 4.69) is 36.4 Å². The summed E-state index contributed by atoms with van der Waals surface area (Å²) in [6.45, 7) is 9.68. The molecule has 0 bridgehead atoms. The van der Waals surface area contributed by atoms with E-state index in [0.717, 1.165) is 46.8 Å². The molecule has 3 heterocycles. The van der Waals surface area contributed by atoms with Crippen LogP contribution in [0.2, 0.25) is 0 Å². The lowest BCUT2D eigenvalue weighted by atomic mass is 9.83. The van der Waals surface area contributed by atoms with Crippen LogP contribution in [0.25, 0.3) is 22.6 Å². The van der Waals surface area contributed by atoms with Gasteiger partial charge in [-0.1, -0.05) is 20.8 Å². The summed E-state index contributed by atoms with van der Waals surface area (Å²) in [5.74, 6) is 0.638. The van der Waals surface area contributed by atoms with Gasteiger partial charge in [-0.3, -0.25) is 9.98 Å². The van der Waals surface area contributed by atoms with Crippen LogP contribution in [0.3, 0.4) is 0 Å². The molecular weight excluding hydrogens is 400 g/mol. The Kier molecular flexibility index (Phi) is 5.99. The normalized spacial score (nSPS) is 13.2. The fourth-order valence-electron chi connectivity index (χ4n) is 3.78. The van der Waals surface area contributed by atoms with Crippen LogP contribution >= 0.6 is 0 Å². The molecule has 0 radical (unpaired) electrons. The van der Waals surface area contributed by atoms with E-state index in [-0.39, 0.29) is 11.4 Å². The first-order valence-electron chi connectivity index (χ1n) is 10.9. The molecule has 1 aromatic carbocycles. The third-order valence-corrected chi connectivity index (χ3v) is 5.27. The van der Waals surface area contributed by atoms with Gasteiger partial charge in [-0.15, -0.1) is 0 Å². The molecule has 0 fully saturated rings. The lowest BCUT2D eigenvalue weighted by Gasteiger charge is -2.27. The molecule has 4 rings (SSSR count). The molecule has 3 aromatic rings. The molecular formula is C25H28N6O. The van der Waals surface area contributed by atoms with Gasteiger partial charge in [0.2, 0.25) is 0 Å². The summed E-state index contributed by atoms with van der Waals surface area (Å²) in [5, 5.41) is 5.54. The molecule has 7 nitrogen and oxygen atoms in total. The number of anilines is 1. The van der Waals surface area contributed by atoms with Crippen molar-refractivity contribution in [2.24, 2.45) is 10.4 Å². The summed E-state index contributed by atoms with van der Waals surface area (Å²) in [6.07, 6.45) is 4.38. The Morgan fingerprint density at radius 1 is 0.969 bits per heavy atom.